The molecule has 0 saturated heterocycles. The van der Waals surface area contributed by atoms with Gasteiger partial charge in [-0.15, -0.1) is 0 Å². The normalized spacial score (nSPS) is 21.8. The third-order valence-electron chi connectivity index (χ3n) is 5.21. The van der Waals surface area contributed by atoms with Crippen LogP contribution in [0.3, 0.4) is 0 Å². The average molecular weight is 344 g/mol. The number of fused-ring (bicyclic) bond motifs is 1. The van der Waals surface area contributed by atoms with E-state index in [0.29, 0.717) is 38.6 Å². The Labute approximate surface area is 147 Å². The Morgan fingerprint density at radius 3 is 2.68 bits per heavy atom. The lowest BCUT2D eigenvalue weighted by molar-refractivity contribution is -0.141. The minimum Gasteiger partial charge on any atom is -0.481 e. The van der Waals surface area contributed by atoms with Crippen LogP contribution in [-0.4, -0.2) is 36.0 Å². The first-order valence-corrected chi connectivity index (χ1v) is 8.95. The summed E-state index contributed by atoms with van der Waals surface area (Å²) in [7, 11) is 0. The van der Waals surface area contributed by atoms with Gasteiger partial charge in [0.15, 0.2) is 0 Å². The summed E-state index contributed by atoms with van der Waals surface area (Å²) in [6.07, 6.45) is 3.51. The molecular weight excluding hydrogens is 320 g/mol. The van der Waals surface area contributed by atoms with E-state index in [1.807, 2.05) is 23.1 Å². The molecule has 3 rings (SSSR count). The van der Waals surface area contributed by atoms with Crippen molar-refractivity contribution in [2.75, 3.05) is 18.0 Å². The predicted octanol–water partition coefficient (Wildman–Crippen LogP) is 1.97. The number of nitrogens with zero attached hydrogens (tertiary/aromatic N) is 1. The maximum Gasteiger partial charge on any atom is 0.306 e. The SMILES string of the molecule is O=C(O)[C@@H]1CC[C@H](C(=O)NCCCC(=O)N2CCc3ccccc32)C1. The fourth-order valence-corrected chi connectivity index (χ4v) is 3.77. The van der Waals surface area contributed by atoms with Crippen molar-refractivity contribution < 1.29 is 19.5 Å². The molecule has 134 valence electrons. The summed E-state index contributed by atoms with van der Waals surface area (Å²) in [5, 5.41) is 11.8. The molecule has 0 unspecified atom stereocenters. The Morgan fingerprint density at radius 2 is 1.92 bits per heavy atom. The Morgan fingerprint density at radius 1 is 1.16 bits per heavy atom. The third-order valence-corrected chi connectivity index (χ3v) is 5.21. The number of nitrogens with one attached hydrogen (secondary N) is 1. The van der Waals surface area contributed by atoms with Gasteiger partial charge in [0, 0.05) is 31.1 Å². The molecule has 2 aliphatic rings. The fourth-order valence-electron chi connectivity index (χ4n) is 3.77. The molecule has 0 bridgehead atoms. The van der Waals surface area contributed by atoms with Gasteiger partial charge in [0.1, 0.15) is 0 Å². The molecule has 1 heterocycles. The molecule has 0 radical (unpaired) electrons. The smallest absolute Gasteiger partial charge is 0.306 e. The standard InChI is InChI=1S/C19H24N2O4/c22-17(21-11-9-13-4-1-2-5-16(13)21)6-3-10-20-18(23)14-7-8-15(12-14)19(24)25/h1-2,4-5,14-15H,3,6-12H2,(H,20,23)(H,24,25)/t14-,15+/m0/s1. The van der Waals surface area contributed by atoms with Gasteiger partial charge in [-0.2, -0.15) is 0 Å². The van der Waals surface area contributed by atoms with Gasteiger partial charge in [0.05, 0.1) is 5.92 Å². The Bertz CT molecular complexity index is 673. The summed E-state index contributed by atoms with van der Waals surface area (Å²) in [5.41, 5.74) is 2.21. The van der Waals surface area contributed by atoms with Crippen LogP contribution in [0, 0.1) is 11.8 Å². The van der Waals surface area contributed by atoms with Gasteiger partial charge in [-0.05, 0) is 43.7 Å². The lowest BCUT2D eigenvalue weighted by Gasteiger charge is -2.17. The highest BCUT2D eigenvalue weighted by atomic mass is 16.4. The van der Waals surface area contributed by atoms with Crippen LogP contribution in [0.25, 0.3) is 0 Å². The maximum absolute atomic E-state index is 12.4. The molecular formula is C19H24N2O4. The molecule has 1 fully saturated rings. The highest BCUT2D eigenvalue weighted by Crippen LogP contribution is 2.31. The van der Waals surface area contributed by atoms with Crippen LogP contribution in [0.15, 0.2) is 24.3 Å². The molecule has 25 heavy (non-hydrogen) atoms. The van der Waals surface area contributed by atoms with E-state index < -0.39 is 11.9 Å². The van der Waals surface area contributed by atoms with Crippen LogP contribution in [-0.2, 0) is 20.8 Å². The Kier molecular flexibility index (Phi) is 5.36. The molecule has 6 heteroatoms. The van der Waals surface area contributed by atoms with Crippen molar-refractivity contribution in [2.45, 2.75) is 38.5 Å². The number of carbonyl (C=O) groups excluding carboxylic acids is 2. The van der Waals surface area contributed by atoms with Gasteiger partial charge in [0.2, 0.25) is 11.8 Å². The highest BCUT2D eigenvalue weighted by molar-refractivity contribution is 5.95. The summed E-state index contributed by atoms with van der Waals surface area (Å²) in [6, 6.07) is 7.95. The van der Waals surface area contributed by atoms with E-state index in [-0.39, 0.29) is 17.7 Å². The van der Waals surface area contributed by atoms with E-state index in [4.69, 9.17) is 5.11 Å². The van der Waals surface area contributed by atoms with E-state index in [0.717, 1.165) is 18.7 Å². The molecule has 2 amide bonds. The van der Waals surface area contributed by atoms with Crippen molar-refractivity contribution in [3.05, 3.63) is 29.8 Å². The van der Waals surface area contributed by atoms with Crippen LogP contribution in [0.1, 0.15) is 37.7 Å². The molecule has 0 aromatic heterocycles. The quantitative estimate of drug-likeness (QED) is 0.773. The second kappa shape index (κ2) is 7.68. The number of carboxylic acid groups (broad SMARTS) is 1. The van der Waals surface area contributed by atoms with Crippen LogP contribution >= 0.6 is 0 Å². The van der Waals surface area contributed by atoms with Gasteiger partial charge in [0.25, 0.3) is 0 Å². The van der Waals surface area contributed by atoms with Gasteiger partial charge >= 0.3 is 5.97 Å². The summed E-state index contributed by atoms with van der Waals surface area (Å²) in [4.78, 5) is 37.2. The Hall–Kier alpha value is -2.37. The Balaban J connectivity index is 1.38. The van der Waals surface area contributed by atoms with E-state index in [1.54, 1.807) is 0 Å². The fraction of sp³-hybridized carbons (Fsp3) is 0.526. The largest absolute Gasteiger partial charge is 0.481 e. The molecule has 2 atom stereocenters. The van der Waals surface area contributed by atoms with E-state index >= 15 is 0 Å². The van der Waals surface area contributed by atoms with Crippen LogP contribution in [0.5, 0.6) is 0 Å². The first-order chi connectivity index (χ1) is 12.1. The zero-order chi connectivity index (χ0) is 17.8. The zero-order valence-electron chi connectivity index (χ0n) is 14.2. The van der Waals surface area contributed by atoms with Crippen LogP contribution in [0.4, 0.5) is 5.69 Å². The maximum atomic E-state index is 12.4. The van der Waals surface area contributed by atoms with E-state index in [2.05, 4.69) is 11.4 Å². The van der Waals surface area contributed by atoms with Crippen molar-refractivity contribution in [1.29, 1.82) is 0 Å². The number of aliphatic carboxylic acids is 1. The van der Waals surface area contributed by atoms with E-state index in [9.17, 15) is 14.4 Å². The number of hydrogen-bond acceptors (Lipinski definition) is 3. The van der Waals surface area contributed by atoms with Gasteiger partial charge in [-0.3, -0.25) is 14.4 Å². The second-order valence-electron chi connectivity index (χ2n) is 6.86. The summed E-state index contributed by atoms with van der Waals surface area (Å²) in [6.45, 7) is 1.18. The number of anilines is 1. The number of benzene rings is 1. The molecule has 1 aliphatic carbocycles. The third kappa shape index (κ3) is 4.00. The van der Waals surface area contributed by atoms with Gasteiger partial charge in [-0.1, -0.05) is 18.2 Å². The molecule has 1 aromatic rings. The monoisotopic (exact) mass is 344 g/mol. The van der Waals surface area contributed by atoms with Crippen molar-refractivity contribution in [3.63, 3.8) is 0 Å². The van der Waals surface area contributed by atoms with Gasteiger partial charge in [-0.25, -0.2) is 0 Å². The molecule has 6 nitrogen and oxygen atoms in total. The second-order valence-corrected chi connectivity index (χ2v) is 6.86. The zero-order valence-corrected chi connectivity index (χ0v) is 14.2. The number of hydrogen-bond donors (Lipinski definition) is 2. The first-order valence-electron chi connectivity index (χ1n) is 8.95. The predicted molar refractivity (Wildman–Crippen MR) is 93.2 cm³/mol. The van der Waals surface area contributed by atoms with Crippen molar-refractivity contribution >= 4 is 23.5 Å². The van der Waals surface area contributed by atoms with Crippen LogP contribution in [0.2, 0.25) is 0 Å². The number of rotatable bonds is 6. The number of para-hydroxylation sites is 1. The lowest BCUT2D eigenvalue weighted by Crippen LogP contribution is -2.32. The lowest BCUT2D eigenvalue weighted by atomic mass is 10.0. The molecule has 1 aliphatic heterocycles. The molecule has 2 N–H and O–H groups in total. The number of carboxylic acids is 1. The minimum atomic E-state index is -0.813. The van der Waals surface area contributed by atoms with Crippen molar-refractivity contribution in [2.24, 2.45) is 11.8 Å². The summed E-state index contributed by atoms with van der Waals surface area (Å²) >= 11 is 0. The van der Waals surface area contributed by atoms with Crippen LogP contribution < -0.4 is 10.2 Å². The summed E-state index contributed by atoms with van der Waals surface area (Å²) < 4.78 is 0. The number of amides is 2. The highest BCUT2D eigenvalue weighted by Gasteiger charge is 2.33. The molecule has 1 aromatic carbocycles. The van der Waals surface area contributed by atoms with E-state index in [1.165, 1.54) is 5.56 Å². The first kappa shape index (κ1) is 17.5. The van der Waals surface area contributed by atoms with Crippen molar-refractivity contribution in [1.82, 2.24) is 5.32 Å². The molecule has 0 spiro atoms. The average Bonchev–Trinajstić information content (AvgIpc) is 3.25. The van der Waals surface area contributed by atoms with Crippen molar-refractivity contribution in [3.8, 4) is 0 Å². The minimum absolute atomic E-state index is 0.0808. The topological polar surface area (TPSA) is 86.7 Å². The summed E-state index contributed by atoms with van der Waals surface area (Å²) in [5.74, 6) is -1.41. The number of carbonyl (C=O) groups is 3. The van der Waals surface area contributed by atoms with Gasteiger partial charge < -0.3 is 15.3 Å². The molecule has 1 saturated carbocycles.